The Bertz CT molecular complexity index is 586. The minimum absolute atomic E-state index is 0.0563. The fourth-order valence-electron chi connectivity index (χ4n) is 1.92. The lowest BCUT2D eigenvalue weighted by Crippen LogP contribution is -2.19. The first-order valence-corrected chi connectivity index (χ1v) is 7.05. The van der Waals surface area contributed by atoms with E-state index in [1.807, 2.05) is 13.0 Å². The standard InChI is InChI=1S/C15H20FN3O2/c1-4-7-17-10(2)12-5-6-14(13(16)8-12)20-9-15-18-11(3)19-21-15/h5-6,8,10,17H,4,7,9H2,1-3H3. The Morgan fingerprint density at radius 2 is 2.24 bits per heavy atom. The Morgan fingerprint density at radius 1 is 1.43 bits per heavy atom. The third-order valence-corrected chi connectivity index (χ3v) is 3.08. The maximum Gasteiger partial charge on any atom is 0.264 e. The highest BCUT2D eigenvalue weighted by Gasteiger charge is 2.11. The average Bonchev–Trinajstić information content (AvgIpc) is 2.89. The number of halogens is 1. The Hall–Kier alpha value is -1.95. The molecular weight excluding hydrogens is 273 g/mol. The number of benzene rings is 1. The molecule has 0 spiro atoms. The van der Waals surface area contributed by atoms with E-state index in [9.17, 15) is 4.39 Å². The van der Waals surface area contributed by atoms with E-state index in [1.165, 1.54) is 6.07 Å². The lowest BCUT2D eigenvalue weighted by molar-refractivity contribution is 0.234. The van der Waals surface area contributed by atoms with Crippen LogP contribution >= 0.6 is 0 Å². The van der Waals surface area contributed by atoms with E-state index in [0.29, 0.717) is 11.7 Å². The molecule has 2 aromatic rings. The van der Waals surface area contributed by atoms with Gasteiger partial charge in [0.15, 0.2) is 24.0 Å². The summed E-state index contributed by atoms with van der Waals surface area (Å²) in [6.07, 6.45) is 1.04. The Morgan fingerprint density at radius 3 is 2.86 bits per heavy atom. The summed E-state index contributed by atoms with van der Waals surface area (Å²) >= 11 is 0. The molecule has 1 atom stereocenters. The van der Waals surface area contributed by atoms with E-state index in [0.717, 1.165) is 18.5 Å². The number of nitrogens with one attached hydrogen (secondary N) is 1. The molecule has 1 N–H and O–H groups in total. The van der Waals surface area contributed by atoms with Gasteiger partial charge in [-0.25, -0.2) is 4.39 Å². The summed E-state index contributed by atoms with van der Waals surface area (Å²) in [5.41, 5.74) is 0.891. The molecule has 2 rings (SSSR count). The molecule has 0 fully saturated rings. The summed E-state index contributed by atoms with van der Waals surface area (Å²) in [5, 5.41) is 6.96. The zero-order valence-corrected chi connectivity index (χ0v) is 12.5. The molecule has 6 heteroatoms. The molecule has 0 aliphatic rings. The molecule has 0 aliphatic carbocycles. The van der Waals surface area contributed by atoms with Crippen LogP contribution in [-0.2, 0) is 6.61 Å². The van der Waals surface area contributed by atoms with Crippen molar-refractivity contribution in [3.05, 3.63) is 41.3 Å². The first-order chi connectivity index (χ1) is 10.1. The summed E-state index contributed by atoms with van der Waals surface area (Å²) in [5.74, 6) is 0.639. The molecule has 0 amide bonds. The van der Waals surface area contributed by atoms with Gasteiger partial charge < -0.3 is 14.6 Å². The van der Waals surface area contributed by atoms with Crippen LogP contribution in [0.2, 0.25) is 0 Å². The van der Waals surface area contributed by atoms with Gasteiger partial charge in [-0.2, -0.15) is 4.98 Å². The Balaban J connectivity index is 1.98. The molecule has 0 saturated heterocycles. The van der Waals surface area contributed by atoms with Crippen molar-refractivity contribution in [3.8, 4) is 5.75 Å². The smallest absolute Gasteiger partial charge is 0.264 e. The average molecular weight is 293 g/mol. The van der Waals surface area contributed by atoms with Gasteiger partial charge in [0, 0.05) is 6.04 Å². The maximum absolute atomic E-state index is 14.0. The number of hydrogen-bond acceptors (Lipinski definition) is 5. The molecule has 0 aliphatic heterocycles. The van der Waals surface area contributed by atoms with Gasteiger partial charge >= 0.3 is 0 Å². The van der Waals surface area contributed by atoms with Gasteiger partial charge in [-0.05, 0) is 44.5 Å². The maximum atomic E-state index is 14.0. The molecule has 1 unspecified atom stereocenters. The van der Waals surface area contributed by atoms with Gasteiger partial charge in [-0.1, -0.05) is 18.1 Å². The highest BCUT2D eigenvalue weighted by molar-refractivity contribution is 5.30. The first-order valence-electron chi connectivity index (χ1n) is 7.05. The molecular formula is C15H20FN3O2. The number of ether oxygens (including phenoxy) is 1. The summed E-state index contributed by atoms with van der Waals surface area (Å²) in [6, 6.07) is 5.07. The van der Waals surface area contributed by atoms with Crippen molar-refractivity contribution in [1.29, 1.82) is 0 Å². The van der Waals surface area contributed by atoms with Gasteiger partial charge in [-0.3, -0.25) is 0 Å². The van der Waals surface area contributed by atoms with Crippen LogP contribution in [0.3, 0.4) is 0 Å². The predicted octanol–water partition coefficient (Wildman–Crippen LogP) is 3.16. The van der Waals surface area contributed by atoms with Crippen LogP contribution in [0.4, 0.5) is 4.39 Å². The topological polar surface area (TPSA) is 60.2 Å². The number of rotatable bonds is 7. The molecule has 5 nitrogen and oxygen atoms in total. The van der Waals surface area contributed by atoms with Gasteiger partial charge in [0.05, 0.1) is 0 Å². The molecule has 0 radical (unpaired) electrons. The van der Waals surface area contributed by atoms with Gasteiger partial charge in [-0.15, -0.1) is 0 Å². The molecule has 114 valence electrons. The zero-order valence-electron chi connectivity index (χ0n) is 12.5. The summed E-state index contributed by atoms with van der Waals surface area (Å²) in [6.45, 7) is 6.77. The van der Waals surface area contributed by atoms with Gasteiger partial charge in [0.2, 0.25) is 0 Å². The molecule has 21 heavy (non-hydrogen) atoms. The van der Waals surface area contributed by atoms with Crippen LogP contribution in [0.15, 0.2) is 22.7 Å². The van der Waals surface area contributed by atoms with Crippen molar-refractivity contribution < 1.29 is 13.7 Å². The molecule has 1 aromatic heterocycles. The van der Waals surface area contributed by atoms with E-state index in [1.54, 1.807) is 13.0 Å². The highest BCUT2D eigenvalue weighted by atomic mass is 19.1. The van der Waals surface area contributed by atoms with E-state index in [-0.39, 0.29) is 18.4 Å². The number of hydrogen-bond donors (Lipinski definition) is 1. The Labute approximate surface area is 123 Å². The van der Waals surface area contributed by atoms with Crippen LogP contribution in [0.5, 0.6) is 5.75 Å². The summed E-state index contributed by atoms with van der Waals surface area (Å²) in [4.78, 5) is 4.00. The fourth-order valence-corrected chi connectivity index (χ4v) is 1.92. The van der Waals surface area contributed by atoms with Crippen molar-refractivity contribution in [2.24, 2.45) is 0 Å². The van der Waals surface area contributed by atoms with Gasteiger partial charge in [0.1, 0.15) is 0 Å². The second-order valence-corrected chi connectivity index (χ2v) is 4.89. The third kappa shape index (κ3) is 4.26. The monoisotopic (exact) mass is 293 g/mol. The quantitative estimate of drug-likeness (QED) is 0.849. The number of aromatic nitrogens is 2. The van der Waals surface area contributed by atoms with Crippen LogP contribution in [0, 0.1) is 12.7 Å². The lowest BCUT2D eigenvalue weighted by Gasteiger charge is -2.14. The molecule has 0 bridgehead atoms. The van der Waals surface area contributed by atoms with Crippen molar-refractivity contribution >= 4 is 0 Å². The van der Waals surface area contributed by atoms with E-state index in [4.69, 9.17) is 9.26 Å². The second kappa shape index (κ2) is 7.17. The van der Waals surface area contributed by atoms with E-state index < -0.39 is 5.82 Å². The largest absolute Gasteiger partial charge is 0.481 e. The highest BCUT2D eigenvalue weighted by Crippen LogP contribution is 2.22. The molecule has 1 heterocycles. The van der Waals surface area contributed by atoms with Crippen molar-refractivity contribution in [3.63, 3.8) is 0 Å². The second-order valence-electron chi connectivity index (χ2n) is 4.89. The molecule has 0 saturated carbocycles. The van der Waals surface area contributed by atoms with E-state index in [2.05, 4.69) is 22.4 Å². The predicted molar refractivity (Wildman–Crippen MR) is 76.5 cm³/mol. The van der Waals surface area contributed by atoms with Crippen LogP contribution < -0.4 is 10.1 Å². The number of nitrogens with zero attached hydrogens (tertiary/aromatic N) is 2. The summed E-state index contributed by atoms with van der Waals surface area (Å²) < 4.78 is 24.3. The van der Waals surface area contributed by atoms with Crippen molar-refractivity contribution in [2.45, 2.75) is 39.8 Å². The fraction of sp³-hybridized carbons (Fsp3) is 0.467. The number of aryl methyl sites for hydroxylation is 1. The van der Waals surface area contributed by atoms with Crippen molar-refractivity contribution in [2.75, 3.05) is 6.54 Å². The van der Waals surface area contributed by atoms with E-state index >= 15 is 0 Å². The normalized spacial score (nSPS) is 12.4. The van der Waals surface area contributed by atoms with Crippen LogP contribution in [0.25, 0.3) is 0 Å². The minimum Gasteiger partial charge on any atom is -0.481 e. The minimum atomic E-state index is -0.395. The van der Waals surface area contributed by atoms with Crippen LogP contribution in [0.1, 0.15) is 43.6 Å². The van der Waals surface area contributed by atoms with Gasteiger partial charge in [0.25, 0.3) is 5.89 Å². The third-order valence-electron chi connectivity index (χ3n) is 3.08. The molecule has 1 aromatic carbocycles. The van der Waals surface area contributed by atoms with Crippen molar-refractivity contribution in [1.82, 2.24) is 15.5 Å². The SMILES string of the molecule is CCCNC(C)c1ccc(OCc2nc(C)no2)c(F)c1. The summed E-state index contributed by atoms with van der Waals surface area (Å²) in [7, 11) is 0. The Kier molecular flexibility index (Phi) is 5.27. The zero-order chi connectivity index (χ0) is 15.2. The first kappa shape index (κ1) is 15.4. The van der Waals surface area contributed by atoms with Crippen LogP contribution in [-0.4, -0.2) is 16.7 Å². The lowest BCUT2D eigenvalue weighted by atomic mass is 10.1.